The van der Waals surface area contributed by atoms with Crippen LogP contribution in [0, 0.1) is 29.6 Å². The van der Waals surface area contributed by atoms with Crippen LogP contribution in [0.25, 0.3) is 0 Å². The lowest BCUT2D eigenvalue weighted by Gasteiger charge is -2.30. The van der Waals surface area contributed by atoms with Crippen molar-refractivity contribution in [1.82, 2.24) is 42.5 Å². The Morgan fingerprint density at radius 3 is 1.35 bits per heavy atom. The number of nitrogens with two attached hydrogens (primary N) is 2. The molecule has 0 heterocycles. The van der Waals surface area contributed by atoms with Crippen LogP contribution in [0.15, 0.2) is 0 Å². The molecule has 21 nitrogen and oxygen atoms in total. The highest BCUT2D eigenvalue weighted by atomic mass is 16.4. The van der Waals surface area contributed by atoms with Crippen LogP contribution >= 0.6 is 0 Å². The highest BCUT2D eigenvalue weighted by molar-refractivity contribution is 5.98. The Bertz CT molecular complexity index is 1590. The van der Waals surface area contributed by atoms with E-state index in [1.165, 1.54) is 20.8 Å². The second-order valence-corrected chi connectivity index (χ2v) is 18.6. The van der Waals surface area contributed by atoms with Gasteiger partial charge in [-0.15, -0.1) is 0 Å². The summed E-state index contributed by atoms with van der Waals surface area (Å²) in [6, 6.07) is -10.7. The minimum atomic E-state index is -1.44. The first kappa shape index (κ1) is 60.1. The van der Waals surface area contributed by atoms with E-state index in [0.29, 0.717) is 32.2 Å². The second-order valence-electron chi connectivity index (χ2n) is 18.6. The molecular formula is C44H82N10O11. The van der Waals surface area contributed by atoms with E-state index in [9.17, 15) is 53.4 Å². The number of hydrogen-bond donors (Lipinski definition) is 12. The van der Waals surface area contributed by atoms with Crippen LogP contribution in [0.5, 0.6) is 0 Å². The molecule has 14 N–H and O–H groups in total. The fourth-order valence-corrected chi connectivity index (χ4v) is 6.58. The molecular weight excluding hydrogens is 845 g/mol. The van der Waals surface area contributed by atoms with Gasteiger partial charge in [-0.25, -0.2) is 4.79 Å². The molecule has 0 fully saturated rings. The van der Waals surface area contributed by atoms with Crippen LogP contribution in [-0.2, 0) is 43.2 Å². The van der Waals surface area contributed by atoms with Gasteiger partial charge in [0.25, 0.3) is 0 Å². The number of rotatable bonds is 30. The third-order valence-electron chi connectivity index (χ3n) is 10.8. The molecule has 0 rings (SSSR count). The van der Waals surface area contributed by atoms with Crippen molar-refractivity contribution in [2.75, 3.05) is 6.54 Å². The van der Waals surface area contributed by atoms with Crippen molar-refractivity contribution < 1.29 is 53.4 Å². The van der Waals surface area contributed by atoms with E-state index in [-0.39, 0.29) is 24.7 Å². The van der Waals surface area contributed by atoms with Gasteiger partial charge in [0.15, 0.2) is 0 Å². The number of unbranched alkanes of at least 4 members (excludes halogenated alkanes) is 1. The molecule has 0 saturated heterocycles. The highest BCUT2D eigenvalue weighted by Crippen LogP contribution is 2.14. The fraction of sp³-hybridized carbons (Fsp3) is 0.795. The number of carbonyl (C=O) groups is 9. The molecule has 0 radical (unpaired) electrons. The summed E-state index contributed by atoms with van der Waals surface area (Å²) in [5, 5.41) is 40.6. The zero-order chi connectivity index (χ0) is 50.5. The SMILES string of the molecule is CC[C@H](C)[C@H](NC(=O)[C@H](CCCCN)NC(=O)[C@@H](NC(=O)[C@@H](N)CC(C)C)[C@@H](C)O)C(=O)N[C@@H](CC(C)C)C(=O)N[C@@H](C)C(=O)N[C@@H](C)C(=O)N[C@H](C(=O)N[C@H](C(=O)O)C(C)C)C(C)C. The summed E-state index contributed by atoms with van der Waals surface area (Å²) < 4.78 is 0. The normalized spacial score (nSPS) is 16.6. The smallest absolute Gasteiger partial charge is 0.326 e. The van der Waals surface area contributed by atoms with Crippen LogP contribution in [0.3, 0.4) is 0 Å². The summed E-state index contributed by atoms with van der Waals surface area (Å²) in [4.78, 5) is 119. The molecule has 0 spiro atoms. The van der Waals surface area contributed by atoms with E-state index >= 15 is 0 Å². The first-order valence-electron chi connectivity index (χ1n) is 22.9. The van der Waals surface area contributed by atoms with Gasteiger partial charge < -0.3 is 64.2 Å². The number of amides is 8. The minimum Gasteiger partial charge on any atom is -0.480 e. The van der Waals surface area contributed by atoms with Gasteiger partial charge in [-0.1, -0.05) is 75.7 Å². The number of carboxylic acids is 1. The maximum atomic E-state index is 14.0. The molecule has 0 aliphatic carbocycles. The summed E-state index contributed by atoms with van der Waals surface area (Å²) in [6.07, 6.45) is 0.558. The second kappa shape index (κ2) is 29.6. The third-order valence-corrected chi connectivity index (χ3v) is 10.8. The molecule has 0 unspecified atom stereocenters. The first-order valence-corrected chi connectivity index (χ1v) is 22.9. The summed E-state index contributed by atoms with van der Waals surface area (Å²) in [5.74, 6) is -8.45. The van der Waals surface area contributed by atoms with Gasteiger partial charge in [0.2, 0.25) is 47.3 Å². The average Bonchev–Trinajstić information content (AvgIpc) is 3.20. The van der Waals surface area contributed by atoms with Crippen LogP contribution in [0.2, 0.25) is 0 Å². The van der Waals surface area contributed by atoms with Crippen molar-refractivity contribution >= 4 is 53.2 Å². The predicted molar refractivity (Wildman–Crippen MR) is 245 cm³/mol. The molecule has 0 aliphatic heterocycles. The molecule has 0 aromatic rings. The number of aliphatic hydroxyl groups excluding tert-OH is 1. The van der Waals surface area contributed by atoms with Crippen molar-refractivity contribution in [3.63, 3.8) is 0 Å². The largest absolute Gasteiger partial charge is 0.480 e. The molecule has 0 aliphatic rings. The molecule has 11 atom stereocenters. The van der Waals surface area contributed by atoms with Gasteiger partial charge in [-0.3, -0.25) is 38.4 Å². The Labute approximate surface area is 385 Å². The molecule has 374 valence electrons. The van der Waals surface area contributed by atoms with Crippen molar-refractivity contribution in [1.29, 1.82) is 0 Å². The number of nitrogens with one attached hydrogen (secondary N) is 8. The highest BCUT2D eigenvalue weighted by Gasteiger charge is 2.36. The van der Waals surface area contributed by atoms with Gasteiger partial charge in [-0.05, 0) is 89.0 Å². The molecule has 65 heavy (non-hydrogen) atoms. The lowest BCUT2D eigenvalue weighted by Crippen LogP contribution is -2.62. The van der Waals surface area contributed by atoms with Crippen LogP contribution in [0.4, 0.5) is 0 Å². The Morgan fingerprint density at radius 1 is 0.477 bits per heavy atom. The zero-order valence-corrected chi connectivity index (χ0v) is 40.8. The predicted octanol–water partition coefficient (Wildman–Crippen LogP) is -0.723. The zero-order valence-electron chi connectivity index (χ0n) is 40.8. The number of hydrogen-bond acceptors (Lipinski definition) is 12. The maximum Gasteiger partial charge on any atom is 0.326 e. The fourth-order valence-electron chi connectivity index (χ4n) is 6.58. The molecule has 0 saturated carbocycles. The Hall–Kier alpha value is -4.89. The quantitative estimate of drug-likeness (QED) is 0.0396. The summed E-state index contributed by atoms with van der Waals surface area (Å²) in [6.45, 7) is 21.9. The van der Waals surface area contributed by atoms with E-state index in [0.717, 1.165) is 0 Å². The lowest BCUT2D eigenvalue weighted by atomic mass is 9.96. The third kappa shape index (κ3) is 21.8. The average molecular weight is 927 g/mol. The van der Waals surface area contributed by atoms with Gasteiger partial charge in [0, 0.05) is 0 Å². The lowest BCUT2D eigenvalue weighted by molar-refractivity contribution is -0.144. The number of aliphatic carboxylic acids is 1. The summed E-state index contributed by atoms with van der Waals surface area (Å²) in [7, 11) is 0. The number of aliphatic hydroxyl groups is 1. The molecule has 8 amide bonds. The first-order chi connectivity index (χ1) is 30.1. The Morgan fingerprint density at radius 2 is 0.892 bits per heavy atom. The minimum absolute atomic E-state index is 0.0865. The summed E-state index contributed by atoms with van der Waals surface area (Å²) >= 11 is 0. The van der Waals surface area contributed by atoms with E-state index < -0.39 is 131 Å². The van der Waals surface area contributed by atoms with Crippen LogP contribution in [0.1, 0.15) is 129 Å². The van der Waals surface area contributed by atoms with Gasteiger partial charge in [-0.2, -0.15) is 0 Å². The van der Waals surface area contributed by atoms with Crippen molar-refractivity contribution in [3.8, 4) is 0 Å². The number of carbonyl (C=O) groups excluding carboxylic acids is 8. The van der Waals surface area contributed by atoms with Crippen LogP contribution < -0.4 is 54.0 Å². The summed E-state index contributed by atoms with van der Waals surface area (Å²) in [5.41, 5.74) is 11.7. The Kier molecular flexibility index (Phi) is 27.4. The van der Waals surface area contributed by atoms with Crippen molar-refractivity contribution in [3.05, 3.63) is 0 Å². The standard InChI is InChI=1S/C44H82N10O11/c1-14-25(10)34(53-39(59)30(17-15-16-18-45)49-43(63)35(28(13)55)54-38(58)29(46)19-21(2)3)42(62)50-31(20-22(4)5)40(60)48-26(11)36(56)47-27(12)37(57)51-32(23(6)7)41(61)52-33(24(8)9)44(64)65/h21-35,55H,14-20,45-46H2,1-13H3,(H,47,56)(H,48,60)(H,49,63)(H,50,62)(H,51,57)(H,52,61)(H,53,59)(H,54,58)(H,64,65)/t25-,26-,27-,28+,29-,30-,31-,32-,33-,34-,35-/m0/s1. The topological polar surface area (TPSA) is 342 Å². The van der Waals surface area contributed by atoms with Gasteiger partial charge >= 0.3 is 5.97 Å². The molecule has 0 aromatic carbocycles. The van der Waals surface area contributed by atoms with E-state index in [4.69, 9.17) is 11.5 Å². The van der Waals surface area contributed by atoms with Gasteiger partial charge in [0.1, 0.15) is 48.3 Å². The van der Waals surface area contributed by atoms with Crippen molar-refractivity contribution in [2.45, 2.75) is 189 Å². The van der Waals surface area contributed by atoms with E-state index in [1.54, 1.807) is 41.5 Å². The molecule has 0 aromatic heterocycles. The van der Waals surface area contributed by atoms with E-state index in [2.05, 4.69) is 42.5 Å². The van der Waals surface area contributed by atoms with Crippen molar-refractivity contribution in [2.24, 2.45) is 41.1 Å². The molecule has 0 bridgehead atoms. The maximum absolute atomic E-state index is 14.0. The number of carboxylic acid groups (broad SMARTS) is 1. The Balaban J connectivity index is 6.12. The van der Waals surface area contributed by atoms with E-state index in [1.807, 2.05) is 27.7 Å². The molecule has 21 heteroatoms. The monoisotopic (exact) mass is 927 g/mol. The van der Waals surface area contributed by atoms with Gasteiger partial charge in [0.05, 0.1) is 12.1 Å². The van der Waals surface area contributed by atoms with Crippen LogP contribution in [-0.4, -0.2) is 130 Å².